The van der Waals surface area contributed by atoms with E-state index in [0.29, 0.717) is 5.57 Å². The Balaban J connectivity index is 2.07. The monoisotopic (exact) mass is 273 g/mol. The summed E-state index contributed by atoms with van der Waals surface area (Å²) in [7, 11) is 0. The molecule has 0 saturated heterocycles. The predicted molar refractivity (Wildman–Crippen MR) is 68.4 cm³/mol. The van der Waals surface area contributed by atoms with E-state index in [2.05, 4.69) is 5.32 Å². The van der Waals surface area contributed by atoms with Crippen LogP contribution in [0.3, 0.4) is 0 Å². The quantitative estimate of drug-likeness (QED) is 0.340. The molecule has 0 aromatic rings. The van der Waals surface area contributed by atoms with Gasteiger partial charge in [0.05, 0.1) is 18.8 Å². The van der Waals surface area contributed by atoms with E-state index >= 15 is 0 Å². The van der Waals surface area contributed by atoms with Gasteiger partial charge < -0.3 is 30.8 Å². The second kappa shape index (κ2) is 6.30. The van der Waals surface area contributed by atoms with Crippen molar-refractivity contribution in [2.75, 3.05) is 6.61 Å². The molecule has 0 aliphatic heterocycles. The molecule has 0 heterocycles. The fraction of sp³-hybridized carbons (Fsp3) is 0.846. The highest BCUT2D eigenvalue weighted by molar-refractivity contribution is 5.22. The number of aliphatic hydroxyl groups is 5. The van der Waals surface area contributed by atoms with Gasteiger partial charge in [0.2, 0.25) is 0 Å². The summed E-state index contributed by atoms with van der Waals surface area (Å²) in [5, 5.41) is 51.5. The average Bonchev–Trinajstić information content (AvgIpc) is 2.41. The van der Waals surface area contributed by atoms with Crippen LogP contribution in [0.4, 0.5) is 0 Å². The third-order valence-electron chi connectivity index (χ3n) is 4.13. The first-order valence-electron chi connectivity index (χ1n) is 6.84. The molecule has 6 N–H and O–H groups in total. The van der Waals surface area contributed by atoms with Crippen molar-refractivity contribution in [3.05, 3.63) is 11.6 Å². The van der Waals surface area contributed by atoms with E-state index < -0.39 is 30.5 Å². The van der Waals surface area contributed by atoms with Crippen molar-refractivity contribution in [3.8, 4) is 0 Å². The topological polar surface area (TPSA) is 113 Å². The summed E-state index contributed by atoms with van der Waals surface area (Å²) < 4.78 is 0. The van der Waals surface area contributed by atoms with E-state index in [-0.39, 0.29) is 12.6 Å². The van der Waals surface area contributed by atoms with E-state index in [1.165, 1.54) is 0 Å². The molecular weight excluding hydrogens is 250 g/mol. The summed E-state index contributed by atoms with van der Waals surface area (Å²) >= 11 is 0. The number of nitrogens with one attached hydrogen (secondary N) is 1. The van der Waals surface area contributed by atoms with E-state index in [4.69, 9.17) is 5.11 Å². The maximum atomic E-state index is 9.96. The van der Waals surface area contributed by atoms with Crippen LogP contribution in [0.15, 0.2) is 11.6 Å². The van der Waals surface area contributed by atoms with E-state index in [0.717, 1.165) is 25.7 Å². The van der Waals surface area contributed by atoms with Crippen LogP contribution < -0.4 is 5.32 Å². The van der Waals surface area contributed by atoms with Gasteiger partial charge in [-0.1, -0.05) is 18.9 Å². The maximum Gasteiger partial charge on any atom is 0.111 e. The van der Waals surface area contributed by atoms with Gasteiger partial charge in [0, 0.05) is 6.04 Å². The molecule has 1 fully saturated rings. The van der Waals surface area contributed by atoms with Crippen molar-refractivity contribution < 1.29 is 25.5 Å². The first-order chi connectivity index (χ1) is 9.04. The number of aliphatic hydroxyl groups excluding tert-OH is 5. The van der Waals surface area contributed by atoms with Gasteiger partial charge in [-0.15, -0.1) is 0 Å². The normalized spacial score (nSPS) is 43.9. The minimum Gasteiger partial charge on any atom is -0.392 e. The summed E-state index contributed by atoms with van der Waals surface area (Å²) in [6.45, 7) is -0.365. The zero-order chi connectivity index (χ0) is 14.0. The van der Waals surface area contributed by atoms with Crippen LogP contribution in [-0.2, 0) is 0 Å². The van der Waals surface area contributed by atoms with Crippen molar-refractivity contribution in [1.29, 1.82) is 0 Å². The lowest BCUT2D eigenvalue weighted by Gasteiger charge is -2.38. The lowest BCUT2D eigenvalue weighted by molar-refractivity contribution is -0.0681. The van der Waals surface area contributed by atoms with Crippen molar-refractivity contribution in [1.82, 2.24) is 5.32 Å². The SMILES string of the molecule is OCC1=CC(NC2CCCCC2O)C(O)C(O)C1O. The summed E-state index contributed by atoms with van der Waals surface area (Å²) in [6.07, 6.45) is 0.900. The molecule has 2 aliphatic carbocycles. The zero-order valence-electron chi connectivity index (χ0n) is 10.8. The number of hydrogen-bond donors (Lipinski definition) is 6. The molecule has 6 unspecified atom stereocenters. The Bertz CT molecular complexity index is 335. The van der Waals surface area contributed by atoms with Gasteiger partial charge in [0.1, 0.15) is 18.3 Å². The van der Waals surface area contributed by atoms with Gasteiger partial charge in [-0.2, -0.15) is 0 Å². The van der Waals surface area contributed by atoms with Crippen LogP contribution in [0.5, 0.6) is 0 Å². The summed E-state index contributed by atoms with van der Waals surface area (Å²) in [4.78, 5) is 0. The molecule has 0 aromatic heterocycles. The van der Waals surface area contributed by atoms with Crippen LogP contribution in [0.2, 0.25) is 0 Å². The first kappa shape index (κ1) is 14.9. The van der Waals surface area contributed by atoms with Crippen LogP contribution in [0.25, 0.3) is 0 Å². The lowest BCUT2D eigenvalue weighted by atomic mass is 9.86. The first-order valence-corrected chi connectivity index (χ1v) is 6.84. The average molecular weight is 273 g/mol. The molecule has 2 aliphatic rings. The molecule has 6 atom stereocenters. The van der Waals surface area contributed by atoms with E-state index in [1.54, 1.807) is 6.08 Å². The van der Waals surface area contributed by atoms with Gasteiger partial charge in [0.25, 0.3) is 0 Å². The van der Waals surface area contributed by atoms with E-state index in [9.17, 15) is 20.4 Å². The fourth-order valence-electron chi connectivity index (χ4n) is 2.89. The van der Waals surface area contributed by atoms with Crippen molar-refractivity contribution in [2.24, 2.45) is 0 Å². The number of rotatable bonds is 3. The molecule has 0 amide bonds. The molecular formula is C13H23NO5. The summed E-state index contributed by atoms with van der Waals surface area (Å²) in [5.74, 6) is 0. The van der Waals surface area contributed by atoms with Gasteiger partial charge in [-0.3, -0.25) is 0 Å². The number of hydrogen-bond acceptors (Lipinski definition) is 6. The van der Waals surface area contributed by atoms with Gasteiger partial charge in [-0.05, 0) is 18.4 Å². The molecule has 0 bridgehead atoms. The van der Waals surface area contributed by atoms with Crippen molar-refractivity contribution in [2.45, 2.75) is 62.2 Å². The smallest absolute Gasteiger partial charge is 0.111 e. The minimum atomic E-state index is -1.33. The molecule has 0 aromatic carbocycles. The second-order valence-corrected chi connectivity index (χ2v) is 5.48. The standard InChI is InChI=1S/C13H23NO5/c15-6-7-5-9(12(18)13(19)11(7)17)14-8-3-1-2-4-10(8)16/h5,8-19H,1-4,6H2. The van der Waals surface area contributed by atoms with Crippen LogP contribution in [0, 0.1) is 0 Å². The van der Waals surface area contributed by atoms with Gasteiger partial charge in [-0.25, -0.2) is 0 Å². The van der Waals surface area contributed by atoms with E-state index in [1.807, 2.05) is 0 Å². The highest BCUT2D eigenvalue weighted by Gasteiger charge is 2.38. The minimum absolute atomic E-state index is 0.132. The Hall–Kier alpha value is -0.500. The molecule has 1 saturated carbocycles. The second-order valence-electron chi connectivity index (χ2n) is 5.48. The highest BCUT2D eigenvalue weighted by atomic mass is 16.4. The molecule has 110 valence electrons. The molecule has 6 heteroatoms. The Morgan fingerprint density at radius 2 is 1.74 bits per heavy atom. The third kappa shape index (κ3) is 3.16. The Morgan fingerprint density at radius 1 is 1.05 bits per heavy atom. The molecule has 2 rings (SSSR count). The summed E-state index contributed by atoms with van der Waals surface area (Å²) in [6, 6.07) is -0.703. The fourth-order valence-corrected chi connectivity index (χ4v) is 2.89. The van der Waals surface area contributed by atoms with Crippen LogP contribution >= 0.6 is 0 Å². The Labute approximate surface area is 112 Å². The largest absolute Gasteiger partial charge is 0.392 e. The molecule has 0 radical (unpaired) electrons. The predicted octanol–water partition coefficient (Wildman–Crippen LogP) is -1.74. The Kier molecular flexibility index (Phi) is 4.94. The molecule has 0 spiro atoms. The third-order valence-corrected chi connectivity index (χ3v) is 4.13. The van der Waals surface area contributed by atoms with Crippen LogP contribution in [0.1, 0.15) is 25.7 Å². The van der Waals surface area contributed by atoms with Gasteiger partial charge >= 0.3 is 0 Å². The summed E-state index contributed by atoms with van der Waals surface area (Å²) in [5.41, 5.74) is 0.292. The van der Waals surface area contributed by atoms with Gasteiger partial charge in [0.15, 0.2) is 0 Å². The van der Waals surface area contributed by atoms with Crippen molar-refractivity contribution >= 4 is 0 Å². The molecule has 6 nitrogen and oxygen atoms in total. The molecule has 19 heavy (non-hydrogen) atoms. The Morgan fingerprint density at radius 3 is 2.37 bits per heavy atom. The highest BCUT2D eigenvalue weighted by Crippen LogP contribution is 2.23. The maximum absolute atomic E-state index is 9.96. The lowest BCUT2D eigenvalue weighted by Crippen LogP contribution is -2.58. The zero-order valence-corrected chi connectivity index (χ0v) is 10.8. The van der Waals surface area contributed by atoms with Crippen molar-refractivity contribution in [3.63, 3.8) is 0 Å². The van der Waals surface area contributed by atoms with Crippen LogP contribution in [-0.4, -0.2) is 68.6 Å².